The van der Waals surface area contributed by atoms with E-state index in [0.717, 1.165) is 29.9 Å². The van der Waals surface area contributed by atoms with E-state index in [9.17, 15) is 4.79 Å². The van der Waals surface area contributed by atoms with Crippen molar-refractivity contribution in [3.05, 3.63) is 83.9 Å². The highest BCUT2D eigenvalue weighted by Gasteiger charge is 2.12. The third-order valence-electron chi connectivity index (χ3n) is 4.74. The van der Waals surface area contributed by atoms with Crippen LogP contribution in [0.1, 0.15) is 41.4 Å². The fourth-order valence-corrected chi connectivity index (χ4v) is 3.02. The van der Waals surface area contributed by atoms with Crippen LogP contribution in [0.2, 0.25) is 0 Å². The first-order valence-electron chi connectivity index (χ1n) is 9.51. The molecular weight excluding hydrogens is 348 g/mol. The fraction of sp³-hybridized carbons (Fsp3) is 0.261. The largest absolute Gasteiger partial charge is 0.373 e. The van der Waals surface area contributed by atoms with Gasteiger partial charge in [0.1, 0.15) is 5.69 Å². The third kappa shape index (κ3) is 4.94. The van der Waals surface area contributed by atoms with Crippen molar-refractivity contribution in [1.29, 1.82) is 0 Å². The number of carbonyl (C=O) groups excluding carboxylic acids is 1. The monoisotopic (exact) mass is 374 g/mol. The number of aromatic nitrogens is 2. The molecule has 0 radical (unpaired) electrons. The molecule has 144 valence electrons. The lowest BCUT2D eigenvalue weighted by molar-refractivity contribution is 0.102. The molecule has 1 aromatic carbocycles. The standard InChI is InChI=1S/C23H26N4O/c1-17(2)20-6-4-5-7-21(20)26-23(28)22-9-8-19(16-25-22)27(3)15-12-18-10-13-24-14-11-18/h4-11,13-14,16-17H,12,15H2,1-3H3,(H,26,28). The Hall–Kier alpha value is -3.21. The Morgan fingerprint density at radius 3 is 2.50 bits per heavy atom. The van der Waals surface area contributed by atoms with Gasteiger partial charge >= 0.3 is 0 Å². The number of para-hydroxylation sites is 1. The minimum atomic E-state index is -0.195. The number of carbonyl (C=O) groups is 1. The summed E-state index contributed by atoms with van der Waals surface area (Å²) in [6.45, 7) is 5.08. The Labute approximate surface area is 166 Å². The predicted molar refractivity (Wildman–Crippen MR) is 114 cm³/mol. The summed E-state index contributed by atoms with van der Waals surface area (Å²) in [4.78, 5) is 23.1. The first kappa shape index (κ1) is 19.5. The van der Waals surface area contributed by atoms with Gasteiger partial charge in [-0.25, -0.2) is 4.98 Å². The third-order valence-corrected chi connectivity index (χ3v) is 4.74. The quantitative estimate of drug-likeness (QED) is 0.660. The van der Waals surface area contributed by atoms with Gasteiger partial charge in [-0.3, -0.25) is 9.78 Å². The molecule has 5 nitrogen and oxygen atoms in total. The zero-order valence-corrected chi connectivity index (χ0v) is 16.6. The van der Waals surface area contributed by atoms with Crippen LogP contribution in [-0.4, -0.2) is 29.5 Å². The van der Waals surface area contributed by atoms with Gasteiger partial charge < -0.3 is 10.2 Å². The molecule has 0 saturated carbocycles. The Balaban J connectivity index is 1.63. The van der Waals surface area contributed by atoms with Crippen molar-refractivity contribution >= 4 is 17.3 Å². The molecule has 1 N–H and O–H groups in total. The molecule has 3 rings (SSSR count). The average Bonchev–Trinajstić information content (AvgIpc) is 2.73. The molecule has 3 aromatic rings. The maximum Gasteiger partial charge on any atom is 0.274 e. The SMILES string of the molecule is CC(C)c1ccccc1NC(=O)c1ccc(N(C)CCc2ccncc2)cn1. The number of nitrogens with zero attached hydrogens (tertiary/aromatic N) is 3. The molecule has 5 heteroatoms. The van der Waals surface area contributed by atoms with Crippen LogP contribution in [0.4, 0.5) is 11.4 Å². The molecule has 0 fully saturated rings. The molecule has 0 unspecified atom stereocenters. The van der Waals surface area contributed by atoms with Gasteiger partial charge in [-0.2, -0.15) is 0 Å². The Morgan fingerprint density at radius 2 is 1.82 bits per heavy atom. The Bertz CT molecular complexity index is 907. The maximum atomic E-state index is 12.6. The van der Waals surface area contributed by atoms with Gasteiger partial charge in [-0.15, -0.1) is 0 Å². The molecule has 1 amide bonds. The lowest BCUT2D eigenvalue weighted by atomic mass is 10.0. The second kappa shape index (κ2) is 9.13. The van der Waals surface area contributed by atoms with Gasteiger partial charge in [0.15, 0.2) is 0 Å². The van der Waals surface area contributed by atoms with Crippen LogP contribution in [0, 0.1) is 0 Å². The van der Waals surface area contributed by atoms with Crippen molar-refractivity contribution in [2.24, 2.45) is 0 Å². The molecule has 0 aliphatic rings. The summed E-state index contributed by atoms with van der Waals surface area (Å²) >= 11 is 0. The molecule has 0 atom stereocenters. The second-order valence-corrected chi connectivity index (χ2v) is 7.12. The molecule has 28 heavy (non-hydrogen) atoms. The van der Waals surface area contributed by atoms with Crippen molar-refractivity contribution in [2.45, 2.75) is 26.2 Å². The minimum absolute atomic E-state index is 0.195. The van der Waals surface area contributed by atoms with E-state index in [2.05, 4.69) is 34.0 Å². The van der Waals surface area contributed by atoms with E-state index >= 15 is 0 Å². The van der Waals surface area contributed by atoms with Crippen LogP contribution < -0.4 is 10.2 Å². The number of hydrogen-bond acceptors (Lipinski definition) is 4. The van der Waals surface area contributed by atoms with Gasteiger partial charge in [0.05, 0.1) is 11.9 Å². The number of anilines is 2. The van der Waals surface area contributed by atoms with E-state index < -0.39 is 0 Å². The van der Waals surface area contributed by atoms with Crippen LogP contribution >= 0.6 is 0 Å². The topological polar surface area (TPSA) is 58.1 Å². The van der Waals surface area contributed by atoms with Crippen LogP contribution in [0.3, 0.4) is 0 Å². The molecule has 2 heterocycles. The lowest BCUT2D eigenvalue weighted by Gasteiger charge is -2.19. The first-order chi connectivity index (χ1) is 13.5. The van der Waals surface area contributed by atoms with Gasteiger partial charge in [0, 0.05) is 31.7 Å². The summed E-state index contributed by atoms with van der Waals surface area (Å²) in [6, 6.07) is 15.6. The first-order valence-corrected chi connectivity index (χ1v) is 9.51. The van der Waals surface area contributed by atoms with Gasteiger partial charge in [0.2, 0.25) is 0 Å². The smallest absolute Gasteiger partial charge is 0.274 e. The van der Waals surface area contributed by atoms with Crippen LogP contribution in [0.25, 0.3) is 0 Å². The number of rotatable bonds is 7. The number of amides is 1. The number of hydrogen-bond donors (Lipinski definition) is 1. The van der Waals surface area contributed by atoms with E-state index in [0.29, 0.717) is 11.6 Å². The molecule has 2 aromatic heterocycles. The molecule has 0 aliphatic heterocycles. The molecular formula is C23H26N4O. The summed E-state index contributed by atoms with van der Waals surface area (Å²) < 4.78 is 0. The highest BCUT2D eigenvalue weighted by atomic mass is 16.1. The van der Waals surface area contributed by atoms with Crippen molar-refractivity contribution in [3.63, 3.8) is 0 Å². The van der Waals surface area contributed by atoms with E-state index in [1.165, 1.54) is 5.56 Å². The number of pyridine rings is 2. The van der Waals surface area contributed by atoms with E-state index in [1.54, 1.807) is 12.3 Å². The van der Waals surface area contributed by atoms with E-state index in [4.69, 9.17) is 0 Å². The minimum Gasteiger partial charge on any atom is -0.373 e. The zero-order valence-electron chi connectivity index (χ0n) is 16.6. The molecule has 0 bridgehead atoms. The average molecular weight is 374 g/mol. The summed E-state index contributed by atoms with van der Waals surface area (Å²) in [5, 5.41) is 2.98. The highest BCUT2D eigenvalue weighted by Crippen LogP contribution is 2.24. The van der Waals surface area contributed by atoms with Gasteiger partial charge in [-0.1, -0.05) is 32.0 Å². The van der Waals surface area contributed by atoms with Crippen molar-refractivity contribution in [2.75, 3.05) is 23.8 Å². The summed E-state index contributed by atoms with van der Waals surface area (Å²) in [5.41, 5.74) is 4.58. The predicted octanol–water partition coefficient (Wildman–Crippen LogP) is 4.53. The zero-order chi connectivity index (χ0) is 19.9. The fourth-order valence-electron chi connectivity index (χ4n) is 3.02. The number of nitrogens with one attached hydrogen (secondary N) is 1. The number of likely N-dealkylation sites (N-methyl/N-ethyl adjacent to an activating group) is 1. The van der Waals surface area contributed by atoms with E-state index in [-0.39, 0.29) is 5.91 Å². The van der Waals surface area contributed by atoms with Gasteiger partial charge in [-0.05, 0) is 53.8 Å². The molecule has 0 aliphatic carbocycles. The van der Waals surface area contributed by atoms with Crippen molar-refractivity contribution < 1.29 is 4.79 Å². The summed E-state index contributed by atoms with van der Waals surface area (Å²) in [6.07, 6.45) is 6.28. The van der Waals surface area contributed by atoms with Crippen molar-refractivity contribution in [3.8, 4) is 0 Å². The van der Waals surface area contributed by atoms with Crippen LogP contribution in [0.15, 0.2) is 67.1 Å². The number of benzene rings is 1. The van der Waals surface area contributed by atoms with Crippen LogP contribution in [0.5, 0.6) is 0 Å². The second-order valence-electron chi connectivity index (χ2n) is 7.12. The summed E-state index contributed by atoms with van der Waals surface area (Å²) in [5.74, 6) is 0.139. The molecule has 0 spiro atoms. The van der Waals surface area contributed by atoms with E-state index in [1.807, 2.05) is 61.9 Å². The normalized spacial score (nSPS) is 10.7. The lowest BCUT2D eigenvalue weighted by Crippen LogP contribution is -2.21. The Morgan fingerprint density at radius 1 is 1.07 bits per heavy atom. The van der Waals surface area contributed by atoms with Gasteiger partial charge in [0.25, 0.3) is 5.91 Å². The Kier molecular flexibility index (Phi) is 6.37. The highest BCUT2D eigenvalue weighted by molar-refractivity contribution is 6.03. The summed E-state index contributed by atoms with van der Waals surface area (Å²) in [7, 11) is 2.02. The van der Waals surface area contributed by atoms with Crippen molar-refractivity contribution in [1.82, 2.24) is 9.97 Å². The molecule has 0 saturated heterocycles. The van der Waals surface area contributed by atoms with Crippen LogP contribution in [-0.2, 0) is 6.42 Å². The maximum absolute atomic E-state index is 12.6.